The minimum atomic E-state index is -0.639. The van der Waals surface area contributed by atoms with Crippen molar-refractivity contribution in [2.75, 3.05) is 0 Å². The van der Waals surface area contributed by atoms with Crippen LogP contribution in [0.5, 0.6) is 0 Å². The van der Waals surface area contributed by atoms with Crippen LogP contribution in [0.15, 0.2) is 0 Å². The number of unbranched alkanes of at least 4 members (excludes halogenated alkanes) is 4. The van der Waals surface area contributed by atoms with Crippen LogP contribution in [0.1, 0.15) is 77.0 Å². The van der Waals surface area contributed by atoms with Crippen molar-refractivity contribution in [3.8, 4) is 0 Å². The Kier molecular flexibility index (Phi) is 4.21. The molecule has 0 spiro atoms. The molecule has 22 heavy (non-hydrogen) atoms. The zero-order chi connectivity index (χ0) is 15.1. The molecule has 0 aromatic heterocycles. The largest absolute Gasteiger partial charge is 0.481 e. The van der Waals surface area contributed by atoms with Gasteiger partial charge in [-0.05, 0) is 73.5 Å². The second-order valence-corrected chi connectivity index (χ2v) is 8.77. The maximum absolute atomic E-state index is 10.5. The van der Waals surface area contributed by atoms with E-state index in [-0.39, 0.29) is 0 Å². The van der Waals surface area contributed by atoms with Crippen LogP contribution in [0.2, 0.25) is 0 Å². The number of hydrogen-bond donors (Lipinski definition) is 1. The first-order valence-electron chi connectivity index (χ1n) is 9.97. The van der Waals surface area contributed by atoms with E-state index in [1.807, 2.05) is 0 Å². The molecule has 4 fully saturated rings. The summed E-state index contributed by atoms with van der Waals surface area (Å²) >= 11 is 0. The molecular formula is C20H32O2. The van der Waals surface area contributed by atoms with Crippen molar-refractivity contribution >= 4 is 5.97 Å². The van der Waals surface area contributed by atoms with Gasteiger partial charge in [0.05, 0.1) is 0 Å². The number of carboxylic acid groups (broad SMARTS) is 1. The maximum atomic E-state index is 10.5. The van der Waals surface area contributed by atoms with Crippen molar-refractivity contribution in [1.82, 2.24) is 0 Å². The third-order valence-corrected chi connectivity index (χ3v) is 7.87. The molecule has 2 heteroatoms. The molecule has 0 radical (unpaired) electrons. The molecule has 4 aliphatic carbocycles. The van der Waals surface area contributed by atoms with E-state index < -0.39 is 5.97 Å². The van der Waals surface area contributed by atoms with Crippen LogP contribution in [-0.4, -0.2) is 11.1 Å². The lowest BCUT2D eigenvalue weighted by Crippen LogP contribution is -2.69. The topological polar surface area (TPSA) is 37.3 Å². The molecule has 0 amide bonds. The predicted molar refractivity (Wildman–Crippen MR) is 87.5 cm³/mol. The molecule has 4 rings (SSSR count). The van der Waals surface area contributed by atoms with Gasteiger partial charge in [-0.2, -0.15) is 0 Å². The minimum absolute atomic E-state index is 0.358. The Morgan fingerprint density at radius 3 is 2.09 bits per heavy atom. The highest BCUT2D eigenvalue weighted by Gasteiger charge is 2.68. The van der Waals surface area contributed by atoms with E-state index in [1.165, 1.54) is 55.8 Å². The molecule has 124 valence electrons. The van der Waals surface area contributed by atoms with E-state index in [0.717, 1.165) is 30.6 Å². The normalized spacial score (nSPS) is 44.6. The molecule has 4 aliphatic rings. The van der Waals surface area contributed by atoms with E-state index in [9.17, 15) is 4.79 Å². The molecule has 1 N–H and O–H groups in total. The van der Waals surface area contributed by atoms with E-state index in [2.05, 4.69) is 0 Å². The van der Waals surface area contributed by atoms with Crippen molar-refractivity contribution in [1.29, 1.82) is 0 Å². The van der Waals surface area contributed by atoms with Crippen molar-refractivity contribution in [3.05, 3.63) is 0 Å². The van der Waals surface area contributed by atoms with E-state index in [0.29, 0.717) is 6.42 Å². The molecule has 7 atom stereocenters. The standard InChI is InChI=1S/C20H32O2/c21-18(22)7-5-3-1-2-4-6-13-8-9-16-17(12-13)20-15-11-10-14(15)19(16)20/h13-17,19-20H,1-12H2,(H,21,22)/t13-,14-,15+,16+,17-,19-,20+/m1/s1. The quantitative estimate of drug-likeness (QED) is 0.632. The summed E-state index contributed by atoms with van der Waals surface area (Å²) in [7, 11) is 0. The Hall–Kier alpha value is -0.530. The second-order valence-electron chi connectivity index (χ2n) is 8.77. The molecule has 0 aromatic rings. The van der Waals surface area contributed by atoms with Gasteiger partial charge in [-0.1, -0.05) is 38.5 Å². The SMILES string of the molecule is O=C(O)CCCCCCC[C@@H]1CC[C@H]2[C@@H](C1)[C@@H]1[C@H]3CC[C@H]3[C@H]21. The Morgan fingerprint density at radius 1 is 0.773 bits per heavy atom. The van der Waals surface area contributed by atoms with Gasteiger partial charge in [0.1, 0.15) is 0 Å². The van der Waals surface area contributed by atoms with Gasteiger partial charge in [-0.25, -0.2) is 0 Å². The summed E-state index contributed by atoms with van der Waals surface area (Å²) in [6.07, 6.45) is 15.5. The van der Waals surface area contributed by atoms with Gasteiger partial charge in [0.15, 0.2) is 0 Å². The zero-order valence-electron chi connectivity index (χ0n) is 13.9. The molecule has 2 nitrogen and oxygen atoms in total. The van der Waals surface area contributed by atoms with E-state index in [1.54, 1.807) is 25.7 Å². The highest BCUT2D eigenvalue weighted by atomic mass is 16.4. The van der Waals surface area contributed by atoms with Gasteiger partial charge in [0.25, 0.3) is 0 Å². The number of fused-ring (bicyclic) bond motifs is 7. The third kappa shape index (κ3) is 2.51. The lowest BCUT2D eigenvalue weighted by atomic mass is 9.30. The third-order valence-electron chi connectivity index (χ3n) is 7.87. The Balaban J connectivity index is 1.09. The van der Waals surface area contributed by atoms with Crippen LogP contribution in [0.3, 0.4) is 0 Å². The maximum Gasteiger partial charge on any atom is 0.303 e. The highest BCUT2D eigenvalue weighted by Crippen LogP contribution is 2.74. The number of hydrogen-bond acceptors (Lipinski definition) is 1. The predicted octanol–water partition coefficient (Wildman–Crippen LogP) is 5.12. The second kappa shape index (κ2) is 6.17. The van der Waals surface area contributed by atoms with E-state index in [4.69, 9.17) is 5.11 Å². The Labute approximate surface area is 135 Å². The average molecular weight is 304 g/mol. The van der Waals surface area contributed by atoms with E-state index >= 15 is 0 Å². The lowest BCUT2D eigenvalue weighted by Gasteiger charge is -2.74. The van der Waals surface area contributed by atoms with Crippen LogP contribution in [0, 0.1) is 41.4 Å². The number of aliphatic carboxylic acids is 1. The molecule has 4 saturated carbocycles. The van der Waals surface area contributed by atoms with Gasteiger partial charge in [0.2, 0.25) is 0 Å². The summed E-state index contributed by atoms with van der Waals surface area (Å²) in [5.74, 6) is 7.43. The summed E-state index contributed by atoms with van der Waals surface area (Å²) in [5.41, 5.74) is 0. The Morgan fingerprint density at radius 2 is 1.36 bits per heavy atom. The number of rotatable bonds is 8. The summed E-state index contributed by atoms with van der Waals surface area (Å²) in [6.45, 7) is 0. The number of carboxylic acids is 1. The molecule has 0 unspecified atom stereocenters. The summed E-state index contributed by atoms with van der Waals surface area (Å²) in [5, 5.41) is 8.62. The van der Waals surface area contributed by atoms with Gasteiger partial charge < -0.3 is 5.11 Å². The first-order valence-corrected chi connectivity index (χ1v) is 9.97. The van der Waals surface area contributed by atoms with Crippen LogP contribution in [-0.2, 0) is 4.79 Å². The van der Waals surface area contributed by atoms with Crippen LogP contribution in [0.25, 0.3) is 0 Å². The molecule has 0 bridgehead atoms. The molecule has 0 heterocycles. The van der Waals surface area contributed by atoms with Gasteiger partial charge in [-0.3, -0.25) is 4.79 Å². The molecule has 0 aromatic carbocycles. The fourth-order valence-corrected chi connectivity index (χ4v) is 6.74. The van der Waals surface area contributed by atoms with Gasteiger partial charge >= 0.3 is 5.97 Å². The number of carbonyl (C=O) groups is 1. The summed E-state index contributed by atoms with van der Waals surface area (Å²) in [4.78, 5) is 10.5. The zero-order valence-corrected chi connectivity index (χ0v) is 13.9. The minimum Gasteiger partial charge on any atom is -0.481 e. The van der Waals surface area contributed by atoms with Gasteiger partial charge in [-0.15, -0.1) is 0 Å². The van der Waals surface area contributed by atoms with Crippen molar-refractivity contribution < 1.29 is 9.90 Å². The van der Waals surface area contributed by atoms with Crippen molar-refractivity contribution in [3.63, 3.8) is 0 Å². The molecular weight excluding hydrogens is 272 g/mol. The highest BCUT2D eigenvalue weighted by molar-refractivity contribution is 5.66. The monoisotopic (exact) mass is 304 g/mol. The van der Waals surface area contributed by atoms with Crippen LogP contribution in [0.4, 0.5) is 0 Å². The van der Waals surface area contributed by atoms with Crippen molar-refractivity contribution in [2.45, 2.75) is 77.0 Å². The molecule has 0 saturated heterocycles. The molecule has 0 aliphatic heterocycles. The van der Waals surface area contributed by atoms with Crippen molar-refractivity contribution in [2.24, 2.45) is 41.4 Å². The average Bonchev–Trinajstić information content (AvgIpc) is 2.47. The fourth-order valence-electron chi connectivity index (χ4n) is 6.74. The lowest BCUT2D eigenvalue weighted by molar-refractivity contribution is -0.264. The fraction of sp³-hybridized carbons (Fsp3) is 0.950. The summed E-state index contributed by atoms with van der Waals surface area (Å²) < 4.78 is 0. The summed E-state index contributed by atoms with van der Waals surface area (Å²) in [6, 6.07) is 0. The van der Waals surface area contributed by atoms with Gasteiger partial charge in [0, 0.05) is 6.42 Å². The first kappa shape index (κ1) is 15.0. The Bertz CT molecular complexity index is 412. The van der Waals surface area contributed by atoms with Crippen LogP contribution < -0.4 is 0 Å². The first-order chi connectivity index (χ1) is 10.8. The smallest absolute Gasteiger partial charge is 0.303 e. The van der Waals surface area contributed by atoms with Crippen LogP contribution >= 0.6 is 0 Å².